The van der Waals surface area contributed by atoms with Gasteiger partial charge in [0.05, 0.1) is 5.75 Å². The molecule has 0 aromatic rings. The van der Waals surface area contributed by atoms with Crippen molar-refractivity contribution in [3.63, 3.8) is 0 Å². The van der Waals surface area contributed by atoms with Gasteiger partial charge in [-0.2, -0.15) is 0 Å². The van der Waals surface area contributed by atoms with Gasteiger partial charge in [-0.15, -0.1) is 0 Å². The van der Waals surface area contributed by atoms with Crippen LogP contribution < -0.4 is 34.7 Å². The van der Waals surface area contributed by atoms with E-state index in [0.29, 0.717) is 0 Å². The summed E-state index contributed by atoms with van der Waals surface area (Å²) in [6, 6.07) is 0. The van der Waals surface area contributed by atoms with E-state index in [4.69, 9.17) is 5.14 Å². The molecule has 0 spiro atoms. The van der Waals surface area contributed by atoms with E-state index in [2.05, 4.69) is 0 Å². The van der Waals surface area contributed by atoms with Crippen LogP contribution in [0.2, 0.25) is 0 Å². The Morgan fingerprint density at radius 1 is 1.36 bits per heavy atom. The minimum absolute atomic E-state index is 0. The minimum atomic E-state index is -3.25. The third-order valence-corrected chi connectivity index (χ3v) is 2.56. The number of nitrogens with two attached hydrogens (primary N) is 1. The van der Waals surface area contributed by atoms with Crippen molar-refractivity contribution in [2.75, 3.05) is 5.75 Å². The van der Waals surface area contributed by atoms with E-state index >= 15 is 0 Å². The van der Waals surface area contributed by atoms with Gasteiger partial charge in [0.2, 0.25) is 10.0 Å². The quantitative estimate of drug-likeness (QED) is 0.512. The summed E-state index contributed by atoms with van der Waals surface area (Å²) in [6.45, 7) is 3.94. The van der Waals surface area contributed by atoms with Crippen molar-refractivity contribution < 1.29 is 39.4 Å². The molecule has 0 heterocycles. The first kappa shape index (κ1) is 14.4. The Morgan fingerprint density at radius 2 is 1.73 bits per heavy atom. The zero-order chi connectivity index (χ0) is 8.20. The van der Waals surface area contributed by atoms with Crippen LogP contribution in [0.5, 0.6) is 0 Å². The molecule has 0 aliphatic rings. The van der Waals surface area contributed by atoms with Gasteiger partial charge in [0.15, 0.2) is 0 Å². The van der Waals surface area contributed by atoms with Crippen LogP contribution in [0.1, 0.15) is 28.1 Å². The zero-order valence-electron chi connectivity index (χ0n) is 8.50. The molecule has 3 nitrogen and oxygen atoms in total. The first-order chi connectivity index (χ1) is 4.49. The van der Waals surface area contributed by atoms with Crippen LogP contribution in [0.3, 0.4) is 0 Å². The molecule has 11 heavy (non-hydrogen) atoms. The smallest absolute Gasteiger partial charge is 1.00 e. The molecule has 0 saturated carbocycles. The van der Waals surface area contributed by atoms with Gasteiger partial charge in [-0.05, 0) is 5.92 Å². The van der Waals surface area contributed by atoms with Crippen molar-refractivity contribution in [3.05, 3.63) is 0 Å². The molecule has 0 unspecified atom stereocenters. The Hall–Kier alpha value is 0.910. The summed E-state index contributed by atoms with van der Waals surface area (Å²) in [5.41, 5.74) is 0. The van der Waals surface area contributed by atoms with E-state index in [1.54, 1.807) is 0 Å². The number of sulfonamides is 1. The molecule has 0 saturated heterocycles. The van der Waals surface area contributed by atoms with Gasteiger partial charge >= 0.3 is 29.6 Å². The molecule has 2 N–H and O–H groups in total. The Labute approximate surface area is 92.6 Å². The molecule has 64 valence electrons. The van der Waals surface area contributed by atoms with Gasteiger partial charge in [-0.3, -0.25) is 0 Å². The van der Waals surface area contributed by atoms with Crippen molar-refractivity contribution in [1.82, 2.24) is 0 Å². The van der Waals surface area contributed by atoms with Crippen LogP contribution >= 0.6 is 0 Å². The van der Waals surface area contributed by atoms with E-state index in [-0.39, 0.29) is 42.7 Å². The van der Waals surface area contributed by atoms with Crippen LogP contribution in [0.15, 0.2) is 0 Å². The van der Waals surface area contributed by atoms with Gasteiger partial charge < -0.3 is 1.43 Å². The average molecular weight is 189 g/mol. The monoisotopic (exact) mass is 189 g/mol. The number of hydrogen-bond donors (Lipinski definition) is 1. The van der Waals surface area contributed by atoms with Gasteiger partial charge in [-0.1, -0.05) is 26.7 Å². The summed E-state index contributed by atoms with van der Waals surface area (Å²) in [7, 11) is -3.25. The second-order valence-electron chi connectivity index (χ2n) is 2.51. The molecule has 0 radical (unpaired) electrons. The van der Waals surface area contributed by atoms with Crippen LogP contribution in [0.4, 0.5) is 0 Å². The Balaban J connectivity index is -0.000000405. The second kappa shape index (κ2) is 6.43. The predicted octanol–water partition coefficient (Wildman–Crippen LogP) is -2.17. The van der Waals surface area contributed by atoms with Gasteiger partial charge in [0, 0.05) is 0 Å². The average Bonchev–Trinajstić information content (AvgIpc) is 1.81. The van der Waals surface area contributed by atoms with Gasteiger partial charge in [0.1, 0.15) is 0 Å². The zero-order valence-corrected chi connectivity index (χ0v) is 10.3. The van der Waals surface area contributed by atoms with Crippen LogP contribution in [-0.4, -0.2) is 14.2 Å². The van der Waals surface area contributed by atoms with E-state index < -0.39 is 10.0 Å². The summed E-state index contributed by atoms with van der Waals surface area (Å²) >= 11 is 0. The fourth-order valence-corrected chi connectivity index (χ4v) is 1.98. The third kappa shape index (κ3) is 8.82. The molecule has 0 aliphatic carbocycles. The molecular formula is C6H16NNaO2S. The van der Waals surface area contributed by atoms with Crippen LogP contribution in [0.25, 0.3) is 0 Å². The maximum atomic E-state index is 10.5. The molecule has 0 amide bonds. The number of hydrogen-bond acceptors (Lipinski definition) is 2. The fraction of sp³-hybridized carbons (Fsp3) is 1.00. The normalized spacial score (nSPS) is 11.3. The van der Waals surface area contributed by atoms with Gasteiger partial charge in [-0.25, -0.2) is 13.6 Å². The predicted molar refractivity (Wildman–Crippen MR) is 43.2 cm³/mol. The van der Waals surface area contributed by atoms with E-state index in [9.17, 15) is 8.42 Å². The number of primary sulfonamides is 1. The van der Waals surface area contributed by atoms with E-state index in [0.717, 1.165) is 12.8 Å². The summed E-state index contributed by atoms with van der Waals surface area (Å²) < 4.78 is 21.1. The molecule has 0 bridgehead atoms. The van der Waals surface area contributed by atoms with Crippen LogP contribution in [-0.2, 0) is 10.0 Å². The van der Waals surface area contributed by atoms with Crippen molar-refractivity contribution in [2.24, 2.45) is 11.1 Å². The topological polar surface area (TPSA) is 60.2 Å². The molecule has 0 aromatic carbocycles. The standard InChI is InChI=1S/C6H15NO2S.Na.H/c1-3-6(4-2)5-10(7,8)9;;/h6H,3-5H2,1-2H3,(H2,7,8,9);;/q;+1;-1. The molecule has 0 fully saturated rings. The Kier molecular flexibility index (Phi) is 8.44. The molecule has 0 rings (SSSR count). The van der Waals surface area contributed by atoms with E-state index in [1.807, 2.05) is 13.8 Å². The molecular weight excluding hydrogens is 173 g/mol. The summed E-state index contributed by atoms with van der Waals surface area (Å²) in [5, 5.41) is 4.86. The van der Waals surface area contributed by atoms with Gasteiger partial charge in [0.25, 0.3) is 0 Å². The maximum absolute atomic E-state index is 10.5. The molecule has 0 aromatic heterocycles. The SMILES string of the molecule is CCC(CC)CS(N)(=O)=O.[H-].[Na+]. The fourth-order valence-electron chi connectivity index (χ4n) is 0.853. The van der Waals surface area contributed by atoms with Crippen molar-refractivity contribution in [3.8, 4) is 0 Å². The number of rotatable bonds is 4. The van der Waals surface area contributed by atoms with Crippen molar-refractivity contribution in [1.29, 1.82) is 0 Å². The van der Waals surface area contributed by atoms with Crippen molar-refractivity contribution >= 4 is 10.0 Å². The summed E-state index contributed by atoms with van der Waals surface area (Å²) in [6.07, 6.45) is 1.76. The maximum Gasteiger partial charge on any atom is 1.00 e. The Morgan fingerprint density at radius 3 is 1.82 bits per heavy atom. The third-order valence-electron chi connectivity index (χ3n) is 1.62. The molecule has 5 heteroatoms. The Bertz CT molecular complexity index is 180. The first-order valence-corrected chi connectivity index (χ1v) is 5.21. The van der Waals surface area contributed by atoms with Crippen LogP contribution in [0, 0.1) is 5.92 Å². The summed E-state index contributed by atoms with van der Waals surface area (Å²) in [5.74, 6) is 0.356. The van der Waals surface area contributed by atoms with E-state index in [1.165, 1.54) is 0 Å². The first-order valence-electron chi connectivity index (χ1n) is 3.50. The molecule has 0 aliphatic heterocycles. The molecule has 0 atom stereocenters. The second-order valence-corrected chi connectivity index (χ2v) is 4.17. The summed E-state index contributed by atoms with van der Waals surface area (Å²) in [4.78, 5) is 0. The largest absolute Gasteiger partial charge is 1.00 e. The minimum Gasteiger partial charge on any atom is -1.00 e. The van der Waals surface area contributed by atoms with Crippen molar-refractivity contribution in [2.45, 2.75) is 26.7 Å².